The number of hydrogen-bond acceptors (Lipinski definition) is 4. The van der Waals surface area contributed by atoms with Crippen LogP contribution >= 0.6 is 0 Å². The Morgan fingerprint density at radius 3 is 3.00 bits per heavy atom. The van der Waals surface area contributed by atoms with Crippen LogP contribution in [0.5, 0.6) is 0 Å². The number of aryl methyl sites for hydroxylation is 2. The molecule has 96 valence electrons. The predicted octanol–water partition coefficient (Wildman–Crippen LogP) is 1.25. The number of nitrogens with zero attached hydrogens (tertiary/aromatic N) is 4. The molecule has 0 bridgehead atoms. The van der Waals surface area contributed by atoms with Gasteiger partial charge in [0.2, 0.25) is 0 Å². The quantitative estimate of drug-likeness (QED) is 0.722. The van der Waals surface area contributed by atoms with Crippen molar-refractivity contribution in [2.45, 2.75) is 6.92 Å². The van der Waals surface area contributed by atoms with E-state index >= 15 is 0 Å². The third-order valence-corrected chi connectivity index (χ3v) is 2.83. The van der Waals surface area contributed by atoms with Crippen molar-refractivity contribution < 1.29 is 4.79 Å². The molecule has 0 aromatic carbocycles. The molecule has 7 nitrogen and oxygen atoms in total. The first-order valence-electron chi connectivity index (χ1n) is 5.74. The average molecular weight is 256 g/mol. The molecular weight excluding hydrogens is 244 g/mol. The number of fused-ring (bicyclic) bond motifs is 1. The molecule has 0 saturated carbocycles. The molecular formula is C12H12N6O. The zero-order chi connectivity index (χ0) is 13.4. The Kier molecular flexibility index (Phi) is 2.52. The maximum atomic E-state index is 12.1. The van der Waals surface area contributed by atoms with Crippen molar-refractivity contribution in [3.8, 4) is 0 Å². The first-order chi connectivity index (χ1) is 9.13. The number of carbonyl (C=O) groups is 1. The minimum absolute atomic E-state index is 0.219. The Morgan fingerprint density at radius 1 is 1.42 bits per heavy atom. The predicted molar refractivity (Wildman–Crippen MR) is 69.8 cm³/mol. The van der Waals surface area contributed by atoms with Gasteiger partial charge < -0.3 is 5.32 Å². The van der Waals surface area contributed by atoms with Crippen LogP contribution in [0.15, 0.2) is 24.7 Å². The summed E-state index contributed by atoms with van der Waals surface area (Å²) in [5, 5.41) is 14.5. The Balaban J connectivity index is 1.90. The van der Waals surface area contributed by atoms with E-state index in [1.807, 2.05) is 6.92 Å². The highest BCUT2D eigenvalue weighted by Crippen LogP contribution is 2.15. The zero-order valence-corrected chi connectivity index (χ0v) is 10.5. The van der Waals surface area contributed by atoms with Gasteiger partial charge in [-0.1, -0.05) is 0 Å². The van der Waals surface area contributed by atoms with Gasteiger partial charge in [-0.25, -0.2) is 4.98 Å². The van der Waals surface area contributed by atoms with Crippen LogP contribution in [-0.2, 0) is 7.05 Å². The van der Waals surface area contributed by atoms with Crippen LogP contribution in [0.2, 0.25) is 0 Å². The van der Waals surface area contributed by atoms with Crippen LogP contribution < -0.4 is 5.32 Å². The first-order valence-corrected chi connectivity index (χ1v) is 5.74. The van der Waals surface area contributed by atoms with E-state index in [1.165, 1.54) is 6.20 Å². The number of amides is 1. The largest absolute Gasteiger partial charge is 0.319 e. The summed E-state index contributed by atoms with van der Waals surface area (Å²) in [6.45, 7) is 1.89. The number of carbonyl (C=O) groups excluding carboxylic acids is 1. The summed E-state index contributed by atoms with van der Waals surface area (Å²) in [6, 6.07) is 1.77. The van der Waals surface area contributed by atoms with Gasteiger partial charge in [0, 0.05) is 30.5 Å². The molecule has 19 heavy (non-hydrogen) atoms. The van der Waals surface area contributed by atoms with Crippen molar-refractivity contribution in [3.63, 3.8) is 0 Å². The topological polar surface area (TPSA) is 88.5 Å². The van der Waals surface area contributed by atoms with E-state index in [-0.39, 0.29) is 5.91 Å². The highest BCUT2D eigenvalue weighted by Gasteiger charge is 2.11. The van der Waals surface area contributed by atoms with Crippen molar-refractivity contribution >= 4 is 22.6 Å². The van der Waals surface area contributed by atoms with Gasteiger partial charge in [0.15, 0.2) is 5.65 Å². The van der Waals surface area contributed by atoms with Gasteiger partial charge in [-0.15, -0.1) is 0 Å². The van der Waals surface area contributed by atoms with Crippen LogP contribution in [0.1, 0.15) is 16.1 Å². The van der Waals surface area contributed by atoms with E-state index in [4.69, 9.17) is 0 Å². The molecule has 0 saturated heterocycles. The summed E-state index contributed by atoms with van der Waals surface area (Å²) in [5.74, 6) is -0.219. The summed E-state index contributed by atoms with van der Waals surface area (Å²) in [6.07, 6.45) is 4.83. The minimum atomic E-state index is -0.219. The molecule has 1 amide bonds. The number of aromatic amines is 1. The minimum Gasteiger partial charge on any atom is -0.319 e. The molecule has 0 aliphatic carbocycles. The van der Waals surface area contributed by atoms with Gasteiger partial charge in [0.05, 0.1) is 17.4 Å². The number of anilines is 1. The van der Waals surface area contributed by atoms with E-state index in [9.17, 15) is 4.79 Å². The van der Waals surface area contributed by atoms with Crippen LogP contribution in [0.25, 0.3) is 11.0 Å². The summed E-state index contributed by atoms with van der Waals surface area (Å²) in [5.41, 5.74) is 2.63. The average Bonchev–Trinajstić information content (AvgIpc) is 2.96. The zero-order valence-electron chi connectivity index (χ0n) is 10.5. The van der Waals surface area contributed by atoms with Gasteiger partial charge in [-0.05, 0) is 13.0 Å². The van der Waals surface area contributed by atoms with Gasteiger partial charge in [0.25, 0.3) is 5.91 Å². The molecule has 3 aromatic rings. The molecule has 7 heteroatoms. The third kappa shape index (κ3) is 2.05. The van der Waals surface area contributed by atoms with E-state index in [0.717, 1.165) is 11.1 Å². The Morgan fingerprint density at radius 2 is 2.26 bits per heavy atom. The smallest absolute Gasteiger partial charge is 0.257 e. The molecule has 0 fully saturated rings. The highest BCUT2D eigenvalue weighted by molar-refractivity contribution is 6.05. The Labute approximate surface area is 108 Å². The van der Waals surface area contributed by atoms with Crippen molar-refractivity contribution in [3.05, 3.63) is 35.9 Å². The number of pyridine rings is 1. The lowest BCUT2D eigenvalue weighted by atomic mass is 10.2. The van der Waals surface area contributed by atoms with Crippen LogP contribution in [0.4, 0.5) is 5.69 Å². The van der Waals surface area contributed by atoms with E-state index < -0.39 is 0 Å². The number of H-pyrrole nitrogens is 1. The van der Waals surface area contributed by atoms with Gasteiger partial charge in [-0.3, -0.25) is 14.6 Å². The molecule has 0 radical (unpaired) electrons. The Bertz CT molecular complexity index is 757. The number of hydrogen-bond donors (Lipinski definition) is 2. The fourth-order valence-corrected chi connectivity index (χ4v) is 1.83. The monoisotopic (exact) mass is 256 g/mol. The maximum Gasteiger partial charge on any atom is 0.257 e. The Hall–Kier alpha value is -2.70. The van der Waals surface area contributed by atoms with Crippen molar-refractivity contribution in [2.75, 3.05) is 5.32 Å². The number of aromatic nitrogens is 5. The normalized spacial score (nSPS) is 10.8. The van der Waals surface area contributed by atoms with Crippen molar-refractivity contribution in [1.82, 2.24) is 25.0 Å². The molecule has 0 atom stereocenters. The van der Waals surface area contributed by atoms with E-state index in [1.54, 1.807) is 30.2 Å². The molecule has 3 rings (SSSR count). The first kappa shape index (κ1) is 11.4. The lowest BCUT2D eigenvalue weighted by Crippen LogP contribution is -2.11. The maximum absolute atomic E-state index is 12.1. The van der Waals surface area contributed by atoms with Crippen LogP contribution in [0, 0.1) is 6.92 Å². The SMILES string of the molecule is Cc1[nH]nc2ncc(C(=O)Nc3cnn(C)c3)cc12. The van der Waals surface area contributed by atoms with Gasteiger partial charge in [0.1, 0.15) is 0 Å². The molecule has 0 aliphatic heterocycles. The molecule has 0 spiro atoms. The second-order valence-corrected chi connectivity index (χ2v) is 4.30. The standard InChI is InChI=1S/C12H12N6O/c1-7-10-3-8(4-13-11(10)17-16-7)12(19)15-9-5-14-18(2)6-9/h3-6H,1-2H3,(H,15,19)(H,13,16,17). The van der Waals surface area contributed by atoms with Gasteiger partial charge >= 0.3 is 0 Å². The third-order valence-electron chi connectivity index (χ3n) is 2.83. The van der Waals surface area contributed by atoms with Crippen molar-refractivity contribution in [1.29, 1.82) is 0 Å². The van der Waals surface area contributed by atoms with Gasteiger partial charge in [-0.2, -0.15) is 10.2 Å². The fraction of sp³-hybridized carbons (Fsp3) is 0.167. The fourth-order valence-electron chi connectivity index (χ4n) is 1.83. The summed E-state index contributed by atoms with van der Waals surface area (Å²) in [4.78, 5) is 16.2. The molecule has 0 unspecified atom stereocenters. The summed E-state index contributed by atoms with van der Waals surface area (Å²) in [7, 11) is 1.79. The highest BCUT2D eigenvalue weighted by atomic mass is 16.1. The second kappa shape index (κ2) is 4.20. The summed E-state index contributed by atoms with van der Waals surface area (Å²) < 4.78 is 1.62. The van der Waals surface area contributed by atoms with E-state index in [2.05, 4.69) is 25.6 Å². The van der Waals surface area contributed by atoms with E-state index in [0.29, 0.717) is 16.9 Å². The number of nitrogens with one attached hydrogen (secondary N) is 2. The van der Waals surface area contributed by atoms with Crippen molar-refractivity contribution in [2.24, 2.45) is 7.05 Å². The van der Waals surface area contributed by atoms with Crippen LogP contribution in [-0.4, -0.2) is 30.9 Å². The lowest BCUT2D eigenvalue weighted by Gasteiger charge is -2.01. The molecule has 2 N–H and O–H groups in total. The lowest BCUT2D eigenvalue weighted by molar-refractivity contribution is 0.102. The number of rotatable bonds is 2. The second-order valence-electron chi connectivity index (χ2n) is 4.30. The molecule has 3 aromatic heterocycles. The van der Waals surface area contributed by atoms with Crippen LogP contribution in [0.3, 0.4) is 0 Å². The molecule has 3 heterocycles. The molecule has 0 aliphatic rings. The summed E-state index contributed by atoms with van der Waals surface area (Å²) >= 11 is 0.